The predicted molar refractivity (Wildman–Crippen MR) is 300 cm³/mol. The lowest BCUT2D eigenvalue weighted by molar-refractivity contribution is 1.10. The van der Waals surface area contributed by atoms with Gasteiger partial charge in [0.05, 0.1) is 44.1 Å². The number of benzene rings is 11. The molecular weight excluding hydrogens is 875 g/mol. The van der Waals surface area contributed by atoms with E-state index in [1.165, 1.54) is 65.4 Å². The molecule has 336 valence electrons. The van der Waals surface area contributed by atoms with Gasteiger partial charge in [-0.2, -0.15) is 0 Å². The summed E-state index contributed by atoms with van der Waals surface area (Å²) < 4.78 is 9.58. The molecule has 4 aromatic heterocycles. The van der Waals surface area contributed by atoms with Gasteiger partial charge in [0.1, 0.15) is 5.82 Å². The molecule has 0 N–H and O–H groups in total. The molecule has 0 aliphatic carbocycles. The number of hydrogen-bond acceptors (Lipinski definition) is 1. The molecular formula is C67H43N5. The number of rotatable bonds is 7. The Morgan fingerprint density at radius 2 is 0.542 bits per heavy atom. The summed E-state index contributed by atoms with van der Waals surface area (Å²) in [5, 5.41) is 7.41. The molecule has 0 saturated heterocycles. The summed E-state index contributed by atoms with van der Waals surface area (Å²) >= 11 is 0. The zero-order valence-corrected chi connectivity index (χ0v) is 39.1. The Kier molecular flexibility index (Phi) is 8.89. The van der Waals surface area contributed by atoms with Crippen LogP contribution in [0.5, 0.6) is 0 Å². The van der Waals surface area contributed by atoms with Crippen LogP contribution in [0.3, 0.4) is 0 Å². The highest BCUT2D eigenvalue weighted by Gasteiger charge is 2.21. The Balaban J connectivity index is 1.00. The third kappa shape index (κ3) is 6.17. The molecule has 11 aromatic carbocycles. The van der Waals surface area contributed by atoms with Crippen LogP contribution < -0.4 is 0 Å². The van der Waals surface area contributed by atoms with Crippen LogP contribution in [0.4, 0.5) is 0 Å². The van der Waals surface area contributed by atoms with E-state index in [0.717, 1.165) is 67.4 Å². The highest BCUT2D eigenvalue weighted by molar-refractivity contribution is 6.11. The molecule has 0 aliphatic rings. The molecule has 0 aliphatic heterocycles. The summed E-state index contributed by atoms with van der Waals surface area (Å²) in [6.45, 7) is 0. The Hall–Kier alpha value is -9.71. The van der Waals surface area contributed by atoms with Gasteiger partial charge >= 0.3 is 0 Å². The van der Waals surface area contributed by atoms with Gasteiger partial charge in [-0.25, -0.2) is 4.98 Å². The van der Waals surface area contributed by atoms with Crippen LogP contribution in [0, 0.1) is 0 Å². The number of imidazole rings is 1. The summed E-state index contributed by atoms with van der Waals surface area (Å²) in [5.41, 5.74) is 18.8. The molecule has 5 heteroatoms. The third-order valence-electron chi connectivity index (χ3n) is 14.7. The molecule has 15 aromatic rings. The van der Waals surface area contributed by atoms with Crippen molar-refractivity contribution in [3.8, 4) is 56.4 Å². The average Bonchev–Trinajstić information content (AvgIpc) is 4.20. The number of hydrogen-bond donors (Lipinski definition) is 0. The number of aromatic nitrogens is 5. The van der Waals surface area contributed by atoms with Crippen molar-refractivity contribution in [2.75, 3.05) is 0 Å². The van der Waals surface area contributed by atoms with Gasteiger partial charge in [-0.15, -0.1) is 0 Å². The van der Waals surface area contributed by atoms with Crippen molar-refractivity contribution in [1.82, 2.24) is 23.3 Å². The van der Waals surface area contributed by atoms with Crippen LogP contribution in [-0.2, 0) is 0 Å². The molecule has 0 radical (unpaired) electrons. The van der Waals surface area contributed by atoms with Gasteiger partial charge in [-0.1, -0.05) is 152 Å². The summed E-state index contributed by atoms with van der Waals surface area (Å²) in [6.07, 6.45) is 0. The second-order valence-electron chi connectivity index (χ2n) is 18.8. The normalized spacial score (nSPS) is 11.9. The fourth-order valence-corrected chi connectivity index (χ4v) is 11.6. The van der Waals surface area contributed by atoms with E-state index in [0.29, 0.717) is 0 Å². The Bertz CT molecular complexity index is 4330. The molecule has 0 amide bonds. The second kappa shape index (κ2) is 15.9. The van der Waals surface area contributed by atoms with E-state index in [1.807, 2.05) is 0 Å². The first-order valence-electron chi connectivity index (χ1n) is 24.6. The van der Waals surface area contributed by atoms with Crippen molar-refractivity contribution in [2.24, 2.45) is 0 Å². The van der Waals surface area contributed by atoms with Crippen LogP contribution in [0.2, 0.25) is 0 Å². The Morgan fingerprint density at radius 3 is 1.00 bits per heavy atom. The van der Waals surface area contributed by atoms with Gasteiger partial charge in [0.2, 0.25) is 0 Å². The fourth-order valence-electron chi connectivity index (χ4n) is 11.6. The first-order chi connectivity index (χ1) is 35.7. The maximum atomic E-state index is 5.44. The molecule has 4 heterocycles. The van der Waals surface area contributed by atoms with Crippen LogP contribution in [-0.4, -0.2) is 23.3 Å². The Morgan fingerprint density at radius 1 is 0.208 bits per heavy atom. The summed E-state index contributed by atoms with van der Waals surface area (Å²) in [7, 11) is 0. The zero-order chi connectivity index (χ0) is 47.3. The Labute approximate surface area is 414 Å². The molecule has 0 unspecified atom stereocenters. The first kappa shape index (κ1) is 40.2. The number of para-hydroxylation sites is 9. The van der Waals surface area contributed by atoms with Crippen molar-refractivity contribution < 1.29 is 0 Å². The van der Waals surface area contributed by atoms with Crippen LogP contribution in [0.1, 0.15) is 0 Å². The molecule has 0 spiro atoms. The maximum Gasteiger partial charge on any atom is 0.145 e. The van der Waals surface area contributed by atoms with Crippen molar-refractivity contribution in [3.63, 3.8) is 0 Å². The molecule has 15 rings (SSSR count). The van der Waals surface area contributed by atoms with E-state index in [1.54, 1.807) is 0 Å². The lowest BCUT2D eigenvalue weighted by Crippen LogP contribution is -2.01. The molecule has 0 saturated carbocycles. The summed E-state index contributed by atoms with van der Waals surface area (Å²) in [6, 6.07) is 94.9. The van der Waals surface area contributed by atoms with Crippen molar-refractivity contribution >= 4 is 76.5 Å². The van der Waals surface area contributed by atoms with E-state index in [4.69, 9.17) is 4.98 Å². The highest BCUT2D eigenvalue weighted by atomic mass is 15.1. The predicted octanol–water partition coefficient (Wildman–Crippen LogP) is 17.3. The minimum atomic E-state index is 0.883. The highest BCUT2D eigenvalue weighted by Crippen LogP contribution is 2.41. The monoisotopic (exact) mass is 917 g/mol. The van der Waals surface area contributed by atoms with Gasteiger partial charge in [-0.05, 0) is 131 Å². The first-order valence-corrected chi connectivity index (χ1v) is 24.6. The van der Waals surface area contributed by atoms with E-state index in [-0.39, 0.29) is 0 Å². The standard InChI is InChI=1S/C67H43N5/c1-2-18-49(19-3-1)72-66-33-17-10-26-59(66)68-67(72)48-39-45(44-34-36-50(37-35-44)69-60-27-11-4-20-53(60)54-21-5-12-28-61(54)69)38-46(40-48)47-41-51(70-62-29-13-6-22-55(62)56-23-7-14-30-63(56)70)43-52(42-47)71-64-31-15-8-24-57(64)58-25-9-16-32-65(58)71/h1-43H. The van der Waals surface area contributed by atoms with Crippen molar-refractivity contribution in [1.29, 1.82) is 0 Å². The van der Waals surface area contributed by atoms with Gasteiger partial charge in [-0.3, -0.25) is 4.57 Å². The zero-order valence-electron chi connectivity index (χ0n) is 39.1. The minimum Gasteiger partial charge on any atom is -0.309 e. The van der Waals surface area contributed by atoms with Crippen LogP contribution in [0.15, 0.2) is 261 Å². The average molecular weight is 918 g/mol. The molecule has 5 nitrogen and oxygen atoms in total. The lowest BCUT2D eigenvalue weighted by Gasteiger charge is -2.17. The second-order valence-corrected chi connectivity index (χ2v) is 18.8. The quantitative estimate of drug-likeness (QED) is 0.157. The van der Waals surface area contributed by atoms with Crippen molar-refractivity contribution in [3.05, 3.63) is 261 Å². The van der Waals surface area contributed by atoms with Gasteiger partial charge in [0.15, 0.2) is 0 Å². The smallest absolute Gasteiger partial charge is 0.145 e. The van der Waals surface area contributed by atoms with Crippen LogP contribution in [0.25, 0.3) is 133 Å². The van der Waals surface area contributed by atoms with Crippen LogP contribution >= 0.6 is 0 Å². The maximum absolute atomic E-state index is 5.44. The SMILES string of the molecule is c1ccc(-n2c(-c3cc(-c4ccc(-n5c6ccccc6c6ccccc65)cc4)cc(-c4cc(-n5c6ccccc6c6ccccc65)cc(-n5c6ccccc6c6ccccc65)c4)c3)nc3ccccc32)cc1. The minimum absolute atomic E-state index is 0.883. The molecule has 0 fully saturated rings. The molecule has 0 bridgehead atoms. The van der Waals surface area contributed by atoms with Crippen molar-refractivity contribution in [2.45, 2.75) is 0 Å². The number of fused-ring (bicyclic) bond motifs is 10. The van der Waals surface area contributed by atoms with E-state index < -0.39 is 0 Å². The number of nitrogens with zero attached hydrogens (tertiary/aromatic N) is 5. The molecule has 72 heavy (non-hydrogen) atoms. The fraction of sp³-hybridized carbons (Fsp3) is 0. The summed E-state index contributed by atoms with van der Waals surface area (Å²) in [5.74, 6) is 0.883. The summed E-state index contributed by atoms with van der Waals surface area (Å²) in [4.78, 5) is 5.44. The van der Waals surface area contributed by atoms with Gasteiger partial charge < -0.3 is 13.7 Å². The topological polar surface area (TPSA) is 32.6 Å². The lowest BCUT2D eigenvalue weighted by atomic mass is 9.95. The van der Waals surface area contributed by atoms with E-state index >= 15 is 0 Å². The van der Waals surface area contributed by atoms with E-state index in [2.05, 4.69) is 279 Å². The molecule has 0 atom stereocenters. The third-order valence-corrected chi connectivity index (χ3v) is 14.7. The van der Waals surface area contributed by atoms with E-state index in [9.17, 15) is 0 Å². The van der Waals surface area contributed by atoms with Gasteiger partial charge in [0, 0.05) is 60.6 Å². The largest absolute Gasteiger partial charge is 0.309 e. The van der Waals surface area contributed by atoms with Gasteiger partial charge in [0.25, 0.3) is 0 Å².